The molecule has 1 aliphatic heterocycles. The van der Waals surface area contributed by atoms with Crippen LogP contribution in [0.2, 0.25) is 0 Å². The maximum Gasteiger partial charge on any atom is 0.586 e. The number of halogens is 2. The van der Waals surface area contributed by atoms with Crippen LogP contribution in [0.5, 0.6) is 11.5 Å². The number of carboxylic acids is 1. The minimum Gasteiger partial charge on any atom is -0.481 e. The third-order valence-electron chi connectivity index (χ3n) is 2.43. The van der Waals surface area contributed by atoms with Gasteiger partial charge < -0.3 is 14.6 Å². The number of aliphatic carboxylic acids is 1. The van der Waals surface area contributed by atoms with Gasteiger partial charge in [-0.3, -0.25) is 4.79 Å². The van der Waals surface area contributed by atoms with Gasteiger partial charge in [0.15, 0.2) is 11.5 Å². The molecular formula is C11H10F2O4. The highest BCUT2D eigenvalue weighted by atomic mass is 19.3. The van der Waals surface area contributed by atoms with Crippen LogP contribution in [0.15, 0.2) is 18.2 Å². The fraction of sp³-hybridized carbons (Fsp3) is 0.364. The van der Waals surface area contributed by atoms with E-state index in [2.05, 4.69) is 9.47 Å². The molecular weight excluding hydrogens is 234 g/mol. The number of benzene rings is 1. The van der Waals surface area contributed by atoms with Gasteiger partial charge in [-0.25, -0.2) is 0 Å². The van der Waals surface area contributed by atoms with Crippen molar-refractivity contribution >= 4 is 5.97 Å². The van der Waals surface area contributed by atoms with Crippen molar-refractivity contribution in [1.82, 2.24) is 0 Å². The van der Waals surface area contributed by atoms with Gasteiger partial charge in [0.1, 0.15) is 0 Å². The number of ether oxygens (including phenoxy) is 2. The van der Waals surface area contributed by atoms with Crippen LogP contribution in [-0.2, 0) is 11.2 Å². The quantitative estimate of drug-likeness (QED) is 0.886. The van der Waals surface area contributed by atoms with Crippen molar-refractivity contribution in [3.63, 3.8) is 0 Å². The van der Waals surface area contributed by atoms with Crippen molar-refractivity contribution in [3.8, 4) is 11.5 Å². The lowest BCUT2D eigenvalue weighted by Crippen LogP contribution is -2.25. The smallest absolute Gasteiger partial charge is 0.481 e. The second-order valence-electron chi connectivity index (χ2n) is 3.89. The molecule has 1 atom stereocenters. The summed E-state index contributed by atoms with van der Waals surface area (Å²) in [7, 11) is 0. The highest BCUT2D eigenvalue weighted by molar-refractivity contribution is 5.70. The highest BCUT2D eigenvalue weighted by Crippen LogP contribution is 2.41. The van der Waals surface area contributed by atoms with Gasteiger partial charge in [0.25, 0.3) is 0 Å². The van der Waals surface area contributed by atoms with Crippen LogP contribution in [0.3, 0.4) is 0 Å². The number of hydrogen-bond acceptors (Lipinski definition) is 3. The molecule has 0 aromatic heterocycles. The molecule has 0 spiro atoms. The molecule has 92 valence electrons. The first-order valence-corrected chi connectivity index (χ1v) is 4.99. The second kappa shape index (κ2) is 3.87. The molecule has 2 rings (SSSR count). The zero-order valence-electron chi connectivity index (χ0n) is 8.94. The van der Waals surface area contributed by atoms with Crippen molar-refractivity contribution in [2.75, 3.05) is 0 Å². The Labute approximate surface area is 95.8 Å². The number of alkyl halides is 2. The van der Waals surface area contributed by atoms with Crippen LogP contribution in [0.1, 0.15) is 12.5 Å². The number of rotatable bonds is 3. The van der Waals surface area contributed by atoms with E-state index in [1.165, 1.54) is 12.1 Å². The van der Waals surface area contributed by atoms with Crippen LogP contribution >= 0.6 is 0 Å². The third-order valence-corrected chi connectivity index (χ3v) is 2.43. The Kier molecular flexibility index (Phi) is 2.65. The van der Waals surface area contributed by atoms with Crippen molar-refractivity contribution in [2.45, 2.75) is 19.6 Å². The molecule has 1 heterocycles. The lowest BCUT2D eigenvalue weighted by atomic mass is 10.0. The van der Waals surface area contributed by atoms with Gasteiger partial charge in [0.2, 0.25) is 0 Å². The maximum absolute atomic E-state index is 12.7. The number of fused-ring (bicyclic) bond motifs is 1. The molecule has 0 aliphatic carbocycles. The molecule has 0 amide bonds. The van der Waals surface area contributed by atoms with E-state index in [1.54, 1.807) is 13.0 Å². The van der Waals surface area contributed by atoms with E-state index in [0.29, 0.717) is 5.56 Å². The lowest BCUT2D eigenvalue weighted by molar-refractivity contribution is -0.286. The fourth-order valence-electron chi connectivity index (χ4n) is 1.56. The zero-order valence-corrected chi connectivity index (χ0v) is 8.94. The molecule has 0 radical (unpaired) electrons. The molecule has 17 heavy (non-hydrogen) atoms. The third kappa shape index (κ3) is 2.46. The molecule has 0 saturated carbocycles. The molecule has 1 unspecified atom stereocenters. The van der Waals surface area contributed by atoms with Crippen molar-refractivity contribution in [3.05, 3.63) is 23.8 Å². The lowest BCUT2D eigenvalue weighted by Gasteiger charge is -2.06. The second-order valence-corrected chi connectivity index (χ2v) is 3.89. The summed E-state index contributed by atoms with van der Waals surface area (Å²) in [6, 6.07) is 4.26. The molecule has 0 saturated heterocycles. The standard InChI is InChI=1S/C11H10F2O4/c1-6(10(14)15)4-7-2-3-8-9(5-7)17-11(12,13)16-8/h2-3,5-6H,4H2,1H3,(H,14,15). The number of hydrogen-bond donors (Lipinski definition) is 1. The van der Waals surface area contributed by atoms with E-state index < -0.39 is 18.2 Å². The molecule has 6 heteroatoms. The number of carbonyl (C=O) groups is 1. The minimum atomic E-state index is -3.64. The first-order valence-electron chi connectivity index (χ1n) is 4.99. The minimum absolute atomic E-state index is 0.0401. The molecule has 1 aliphatic rings. The first-order chi connectivity index (χ1) is 7.87. The van der Waals surface area contributed by atoms with Crippen molar-refractivity contribution in [2.24, 2.45) is 5.92 Å². The van der Waals surface area contributed by atoms with Crippen LogP contribution < -0.4 is 9.47 Å². The van der Waals surface area contributed by atoms with Gasteiger partial charge >= 0.3 is 12.3 Å². The van der Waals surface area contributed by atoms with Gasteiger partial charge in [-0.2, -0.15) is 0 Å². The Hall–Kier alpha value is -1.85. The zero-order chi connectivity index (χ0) is 12.6. The SMILES string of the molecule is CC(Cc1ccc2c(c1)OC(F)(F)O2)C(=O)O. The van der Waals surface area contributed by atoms with Gasteiger partial charge in [-0.15, -0.1) is 8.78 Å². The van der Waals surface area contributed by atoms with E-state index in [4.69, 9.17) is 5.11 Å². The Balaban J connectivity index is 2.16. The van der Waals surface area contributed by atoms with Crippen molar-refractivity contribution in [1.29, 1.82) is 0 Å². The van der Waals surface area contributed by atoms with E-state index in [1.807, 2.05) is 0 Å². The largest absolute Gasteiger partial charge is 0.586 e. The molecule has 0 bridgehead atoms. The molecule has 0 fully saturated rings. The highest BCUT2D eigenvalue weighted by Gasteiger charge is 2.43. The first kappa shape index (κ1) is 11.6. The Morgan fingerprint density at radius 2 is 2.06 bits per heavy atom. The maximum atomic E-state index is 12.7. The van der Waals surface area contributed by atoms with Crippen LogP contribution in [0, 0.1) is 5.92 Å². The predicted molar refractivity (Wildman–Crippen MR) is 53.1 cm³/mol. The Bertz CT molecular complexity index is 459. The summed E-state index contributed by atoms with van der Waals surface area (Å²) in [6.45, 7) is 1.54. The summed E-state index contributed by atoms with van der Waals surface area (Å²) in [5, 5.41) is 8.74. The van der Waals surface area contributed by atoms with E-state index >= 15 is 0 Å². The van der Waals surface area contributed by atoms with Crippen molar-refractivity contribution < 1.29 is 28.2 Å². The van der Waals surface area contributed by atoms with E-state index in [0.717, 1.165) is 0 Å². The molecule has 1 aromatic carbocycles. The average molecular weight is 244 g/mol. The summed E-state index contributed by atoms with van der Waals surface area (Å²) < 4.78 is 33.9. The van der Waals surface area contributed by atoms with E-state index in [9.17, 15) is 13.6 Å². The summed E-state index contributed by atoms with van der Waals surface area (Å²) in [4.78, 5) is 10.7. The number of carboxylic acid groups (broad SMARTS) is 1. The fourth-order valence-corrected chi connectivity index (χ4v) is 1.56. The van der Waals surface area contributed by atoms with Crippen LogP contribution in [0.25, 0.3) is 0 Å². The van der Waals surface area contributed by atoms with Crippen LogP contribution in [-0.4, -0.2) is 17.4 Å². The average Bonchev–Trinajstić information content (AvgIpc) is 2.50. The predicted octanol–water partition coefficient (Wildman–Crippen LogP) is 2.27. The van der Waals surface area contributed by atoms with Gasteiger partial charge in [-0.1, -0.05) is 13.0 Å². The summed E-state index contributed by atoms with van der Waals surface area (Å²) >= 11 is 0. The topological polar surface area (TPSA) is 55.8 Å². The van der Waals surface area contributed by atoms with Gasteiger partial charge in [0.05, 0.1) is 5.92 Å². The van der Waals surface area contributed by atoms with Gasteiger partial charge in [0, 0.05) is 0 Å². The monoisotopic (exact) mass is 244 g/mol. The molecule has 4 nitrogen and oxygen atoms in total. The molecule has 1 aromatic rings. The van der Waals surface area contributed by atoms with Crippen LogP contribution in [0.4, 0.5) is 8.78 Å². The summed E-state index contributed by atoms with van der Waals surface area (Å²) in [5.41, 5.74) is 0.611. The van der Waals surface area contributed by atoms with E-state index in [-0.39, 0.29) is 17.9 Å². The summed E-state index contributed by atoms with van der Waals surface area (Å²) in [6.07, 6.45) is -3.39. The molecule has 1 N–H and O–H groups in total. The Morgan fingerprint density at radius 3 is 2.71 bits per heavy atom. The van der Waals surface area contributed by atoms with Gasteiger partial charge in [-0.05, 0) is 24.1 Å². The normalized spacial score (nSPS) is 17.8. The Morgan fingerprint density at radius 1 is 1.41 bits per heavy atom. The summed E-state index contributed by atoms with van der Waals surface area (Å²) in [5.74, 6) is -1.63.